The lowest BCUT2D eigenvalue weighted by atomic mass is 10.0. The largest absolute Gasteiger partial charge is 0.462 e. The summed E-state index contributed by atoms with van der Waals surface area (Å²) in [5.41, 5.74) is 0. The van der Waals surface area contributed by atoms with Crippen molar-refractivity contribution >= 4 is 5.97 Å². The van der Waals surface area contributed by atoms with Crippen molar-refractivity contribution in [2.24, 2.45) is 5.92 Å². The lowest BCUT2D eigenvalue weighted by Crippen LogP contribution is -2.06. The Morgan fingerprint density at radius 2 is 2.08 bits per heavy atom. The molecule has 0 saturated carbocycles. The molecular formula is C10H14O2. The second-order valence-corrected chi connectivity index (χ2v) is 3.04. The zero-order valence-electron chi connectivity index (χ0n) is 7.16. The molecule has 12 heavy (non-hydrogen) atoms. The van der Waals surface area contributed by atoms with E-state index in [1.807, 2.05) is 0 Å². The van der Waals surface area contributed by atoms with Gasteiger partial charge in [-0.1, -0.05) is 12.2 Å². The van der Waals surface area contributed by atoms with Gasteiger partial charge in [0.1, 0.15) is 6.10 Å². The van der Waals surface area contributed by atoms with Crippen LogP contribution in [0.5, 0.6) is 0 Å². The predicted octanol–water partition coefficient (Wildman–Crippen LogP) is 2.07. The molecule has 1 aliphatic heterocycles. The monoisotopic (exact) mass is 166 g/mol. The summed E-state index contributed by atoms with van der Waals surface area (Å²) in [6, 6.07) is 0. The molecule has 2 atom stereocenters. The van der Waals surface area contributed by atoms with Crippen LogP contribution in [0.4, 0.5) is 0 Å². The minimum atomic E-state index is -0.0817. The summed E-state index contributed by atoms with van der Waals surface area (Å²) in [5.74, 6) is -0.0470. The number of carbonyl (C=O) groups is 1. The molecule has 0 aromatic heterocycles. The zero-order chi connectivity index (χ0) is 8.97. The van der Waals surface area contributed by atoms with Crippen molar-refractivity contribution in [3.63, 3.8) is 0 Å². The van der Waals surface area contributed by atoms with Crippen LogP contribution in [-0.2, 0) is 9.53 Å². The lowest BCUT2D eigenvalue weighted by Gasteiger charge is -2.02. The summed E-state index contributed by atoms with van der Waals surface area (Å²) in [5, 5.41) is 0. The van der Waals surface area contributed by atoms with Gasteiger partial charge in [0, 0.05) is 6.42 Å². The fraction of sp³-hybridized carbons (Fsp3) is 0.500. The first-order valence-electron chi connectivity index (χ1n) is 4.20. The van der Waals surface area contributed by atoms with E-state index in [0.717, 1.165) is 19.3 Å². The van der Waals surface area contributed by atoms with Crippen molar-refractivity contribution in [1.82, 2.24) is 0 Å². The summed E-state index contributed by atoms with van der Waals surface area (Å²) in [6.45, 7) is 7.21. The number of cyclic esters (lactones) is 1. The zero-order valence-corrected chi connectivity index (χ0v) is 7.16. The molecule has 1 saturated heterocycles. The smallest absolute Gasteiger partial charge is 0.309 e. The van der Waals surface area contributed by atoms with Crippen LogP contribution in [-0.4, -0.2) is 12.1 Å². The molecule has 0 spiro atoms. The molecule has 66 valence electrons. The highest BCUT2D eigenvalue weighted by atomic mass is 16.5. The molecule has 0 aromatic rings. The van der Waals surface area contributed by atoms with E-state index in [1.54, 1.807) is 12.2 Å². The number of esters is 1. The Hall–Kier alpha value is -1.05. The molecule has 0 bridgehead atoms. The first kappa shape index (κ1) is 9.04. The van der Waals surface area contributed by atoms with Crippen LogP contribution in [0.25, 0.3) is 0 Å². The Balaban J connectivity index is 2.43. The van der Waals surface area contributed by atoms with E-state index in [0.29, 0.717) is 0 Å². The van der Waals surface area contributed by atoms with Gasteiger partial charge in [0.15, 0.2) is 0 Å². The van der Waals surface area contributed by atoms with Crippen molar-refractivity contribution in [1.29, 1.82) is 0 Å². The third kappa shape index (κ3) is 1.97. The first-order chi connectivity index (χ1) is 5.77. The number of allylic oxidation sites excluding steroid dienone is 1. The van der Waals surface area contributed by atoms with E-state index in [1.165, 1.54) is 0 Å². The highest BCUT2D eigenvalue weighted by Gasteiger charge is 2.32. The van der Waals surface area contributed by atoms with Crippen LogP contribution < -0.4 is 0 Å². The number of hydrogen-bond acceptors (Lipinski definition) is 2. The van der Waals surface area contributed by atoms with Gasteiger partial charge in [-0.05, 0) is 12.8 Å². The number of ether oxygens (including phenoxy) is 1. The van der Waals surface area contributed by atoms with Gasteiger partial charge < -0.3 is 4.74 Å². The molecule has 1 heterocycles. The van der Waals surface area contributed by atoms with E-state index in [2.05, 4.69) is 13.2 Å². The third-order valence-electron chi connectivity index (χ3n) is 2.04. The topological polar surface area (TPSA) is 26.3 Å². The van der Waals surface area contributed by atoms with Crippen LogP contribution in [0.2, 0.25) is 0 Å². The van der Waals surface area contributed by atoms with Crippen LogP contribution in [0, 0.1) is 5.92 Å². The fourth-order valence-corrected chi connectivity index (χ4v) is 1.45. The molecule has 1 aliphatic rings. The van der Waals surface area contributed by atoms with Gasteiger partial charge in [-0.3, -0.25) is 4.79 Å². The Morgan fingerprint density at radius 1 is 1.42 bits per heavy atom. The lowest BCUT2D eigenvalue weighted by molar-refractivity contribution is -0.144. The maximum absolute atomic E-state index is 11.1. The quantitative estimate of drug-likeness (QED) is 0.472. The molecule has 2 heteroatoms. The van der Waals surface area contributed by atoms with Crippen molar-refractivity contribution in [3.8, 4) is 0 Å². The summed E-state index contributed by atoms with van der Waals surface area (Å²) in [4.78, 5) is 11.1. The number of rotatable bonds is 4. The van der Waals surface area contributed by atoms with E-state index in [4.69, 9.17) is 4.74 Å². The molecule has 1 rings (SSSR count). The average Bonchev–Trinajstić information content (AvgIpc) is 2.34. The van der Waals surface area contributed by atoms with Crippen LogP contribution in [0.1, 0.15) is 19.3 Å². The predicted molar refractivity (Wildman–Crippen MR) is 47.6 cm³/mol. The summed E-state index contributed by atoms with van der Waals surface area (Å²) in [6.07, 6.45) is 5.92. The molecule has 0 aromatic carbocycles. The van der Waals surface area contributed by atoms with E-state index in [-0.39, 0.29) is 18.0 Å². The standard InChI is InChI=1S/C10H14O2/c1-3-5-8-7-9(6-4-2)12-10(8)11/h3-4,8-9H,1-2,5-7H2. The highest BCUT2D eigenvalue weighted by Crippen LogP contribution is 2.26. The van der Waals surface area contributed by atoms with Crippen molar-refractivity contribution < 1.29 is 9.53 Å². The second-order valence-electron chi connectivity index (χ2n) is 3.04. The number of carbonyl (C=O) groups excluding carboxylic acids is 1. The van der Waals surface area contributed by atoms with E-state index >= 15 is 0 Å². The number of hydrogen-bond donors (Lipinski definition) is 0. The summed E-state index contributed by atoms with van der Waals surface area (Å²) >= 11 is 0. The third-order valence-corrected chi connectivity index (χ3v) is 2.04. The molecule has 0 amide bonds. The Bertz CT molecular complexity index is 196. The molecule has 0 radical (unpaired) electrons. The first-order valence-corrected chi connectivity index (χ1v) is 4.20. The van der Waals surface area contributed by atoms with E-state index < -0.39 is 0 Å². The van der Waals surface area contributed by atoms with Gasteiger partial charge in [-0.25, -0.2) is 0 Å². The van der Waals surface area contributed by atoms with Crippen LogP contribution in [0.3, 0.4) is 0 Å². The summed E-state index contributed by atoms with van der Waals surface area (Å²) in [7, 11) is 0. The maximum atomic E-state index is 11.1. The normalized spacial score (nSPS) is 28.2. The molecule has 2 unspecified atom stereocenters. The molecule has 1 fully saturated rings. The summed E-state index contributed by atoms with van der Waals surface area (Å²) < 4.78 is 5.11. The Morgan fingerprint density at radius 3 is 2.67 bits per heavy atom. The average molecular weight is 166 g/mol. The molecule has 0 aliphatic carbocycles. The van der Waals surface area contributed by atoms with Gasteiger partial charge in [-0.15, -0.1) is 13.2 Å². The molecule has 0 N–H and O–H groups in total. The molecule has 2 nitrogen and oxygen atoms in total. The molecular weight excluding hydrogens is 152 g/mol. The minimum absolute atomic E-state index is 0.0347. The Kier molecular flexibility index (Phi) is 3.09. The van der Waals surface area contributed by atoms with Gasteiger partial charge in [0.2, 0.25) is 0 Å². The van der Waals surface area contributed by atoms with Crippen LogP contribution >= 0.6 is 0 Å². The van der Waals surface area contributed by atoms with Crippen molar-refractivity contribution in [3.05, 3.63) is 25.3 Å². The van der Waals surface area contributed by atoms with Crippen LogP contribution in [0.15, 0.2) is 25.3 Å². The van der Waals surface area contributed by atoms with Gasteiger partial charge in [0.25, 0.3) is 0 Å². The van der Waals surface area contributed by atoms with Crippen molar-refractivity contribution in [2.45, 2.75) is 25.4 Å². The van der Waals surface area contributed by atoms with Crippen molar-refractivity contribution in [2.75, 3.05) is 0 Å². The second kappa shape index (κ2) is 4.10. The Labute approximate surface area is 72.9 Å². The fourth-order valence-electron chi connectivity index (χ4n) is 1.45. The maximum Gasteiger partial charge on any atom is 0.309 e. The minimum Gasteiger partial charge on any atom is -0.462 e. The SMILES string of the molecule is C=CCC1CC(CC=C)C(=O)O1. The highest BCUT2D eigenvalue weighted by molar-refractivity contribution is 5.74. The van der Waals surface area contributed by atoms with Gasteiger partial charge >= 0.3 is 5.97 Å². The van der Waals surface area contributed by atoms with Gasteiger partial charge in [-0.2, -0.15) is 0 Å². The van der Waals surface area contributed by atoms with E-state index in [9.17, 15) is 4.79 Å². The van der Waals surface area contributed by atoms with Gasteiger partial charge in [0.05, 0.1) is 5.92 Å².